The minimum Gasteiger partial charge on any atom is -0.494 e. The maximum absolute atomic E-state index is 12.1. The minimum absolute atomic E-state index is 0.00641. The van der Waals surface area contributed by atoms with E-state index in [0.717, 1.165) is 36.3 Å². The molecule has 0 unspecified atom stereocenters. The number of aliphatic imine (C=N–C) groups is 1. The monoisotopic (exact) mass is 519 g/mol. The lowest BCUT2D eigenvalue weighted by atomic mass is 10.1. The highest BCUT2D eigenvalue weighted by Crippen LogP contribution is 2.19. The Labute approximate surface area is 210 Å². The van der Waals surface area contributed by atoms with Crippen LogP contribution in [0.4, 0.5) is 5.82 Å². The maximum atomic E-state index is 12.1. The molecule has 0 atom stereocenters. The fraction of sp³-hybridized carbons (Fsp3) is 0.318. The number of carbonyl (C=O) groups excluding carboxylic acids is 1. The molecule has 7 N–H and O–H groups in total. The SMILES string of the molecule is NC(=NCCCCc1ccc(OCCCc2sc(=O)[nH]c2O)cc1)NC(=O)c1cnc(N)c(Cl)n1. The van der Waals surface area contributed by atoms with Crippen molar-refractivity contribution in [2.45, 2.75) is 32.1 Å². The summed E-state index contributed by atoms with van der Waals surface area (Å²) >= 11 is 6.78. The van der Waals surface area contributed by atoms with Gasteiger partial charge >= 0.3 is 4.87 Å². The van der Waals surface area contributed by atoms with Crippen LogP contribution in [0.25, 0.3) is 0 Å². The number of nitrogens with two attached hydrogens (primary N) is 2. The molecule has 1 amide bonds. The second-order valence-corrected chi connectivity index (χ2v) is 8.92. The zero-order valence-electron chi connectivity index (χ0n) is 18.8. The number of thiazole rings is 1. The van der Waals surface area contributed by atoms with Gasteiger partial charge in [-0.1, -0.05) is 35.1 Å². The van der Waals surface area contributed by atoms with Gasteiger partial charge < -0.3 is 21.3 Å². The number of aromatic nitrogens is 3. The molecule has 0 aliphatic rings. The summed E-state index contributed by atoms with van der Waals surface area (Å²) in [5, 5.41) is 12.0. The summed E-state index contributed by atoms with van der Waals surface area (Å²) in [4.78, 5) is 37.8. The molecule has 3 aromatic rings. The van der Waals surface area contributed by atoms with Crippen molar-refractivity contribution in [3.63, 3.8) is 0 Å². The molecule has 0 saturated heterocycles. The Morgan fingerprint density at radius 3 is 2.69 bits per heavy atom. The van der Waals surface area contributed by atoms with Crippen molar-refractivity contribution >= 4 is 40.6 Å². The molecule has 0 aliphatic carbocycles. The molecule has 0 bridgehead atoms. The molecule has 2 heterocycles. The number of guanidine groups is 1. The number of nitrogens with zero attached hydrogens (tertiary/aromatic N) is 3. The summed E-state index contributed by atoms with van der Waals surface area (Å²) in [6, 6.07) is 7.85. The number of hydrogen-bond acceptors (Lipinski definition) is 9. The molecular weight excluding hydrogens is 494 g/mol. The van der Waals surface area contributed by atoms with Crippen LogP contribution in [0.5, 0.6) is 11.6 Å². The Bertz CT molecular complexity index is 1230. The normalized spacial score (nSPS) is 11.4. The predicted molar refractivity (Wildman–Crippen MR) is 135 cm³/mol. The number of carbonyl (C=O) groups is 1. The van der Waals surface area contributed by atoms with Crippen LogP contribution in [0.3, 0.4) is 0 Å². The fourth-order valence-electron chi connectivity index (χ4n) is 3.04. The first-order chi connectivity index (χ1) is 16.8. The predicted octanol–water partition coefficient (Wildman–Crippen LogP) is 2.25. The molecule has 0 saturated carbocycles. The zero-order chi connectivity index (χ0) is 25.2. The number of aromatic amines is 1. The third-order valence-corrected chi connectivity index (χ3v) is 6.04. The van der Waals surface area contributed by atoms with Gasteiger partial charge in [-0.15, -0.1) is 0 Å². The number of hydrogen-bond donors (Lipinski definition) is 5. The average molecular weight is 520 g/mol. The van der Waals surface area contributed by atoms with Gasteiger partial charge in [0.25, 0.3) is 5.91 Å². The van der Waals surface area contributed by atoms with Crippen LogP contribution in [0.1, 0.15) is 40.2 Å². The first kappa shape index (κ1) is 26.0. The van der Waals surface area contributed by atoms with E-state index >= 15 is 0 Å². The van der Waals surface area contributed by atoms with E-state index in [9.17, 15) is 14.7 Å². The van der Waals surface area contributed by atoms with Crippen molar-refractivity contribution < 1.29 is 14.6 Å². The number of nitrogen functional groups attached to an aromatic ring is 1. The Hall–Kier alpha value is -3.64. The highest BCUT2D eigenvalue weighted by atomic mass is 35.5. The first-order valence-electron chi connectivity index (χ1n) is 10.8. The quantitative estimate of drug-likeness (QED) is 0.145. The Kier molecular flexibility index (Phi) is 9.44. The van der Waals surface area contributed by atoms with E-state index in [1.54, 1.807) is 0 Å². The summed E-state index contributed by atoms with van der Waals surface area (Å²) in [7, 11) is 0. The maximum Gasteiger partial charge on any atom is 0.307 e. The largest absolute Gasteiger partial charge is 0.494 e. The van der Waals surface area contributed by atoms with Gasteiger partial charge in [0.2, 0.25) is 5.88 Å². The van der Waals surface area contributed by atoms with Crippen molar-refractivity contribution in [1.29, 1.82) is 0 Å². The van der Waals surface area contributed by atoms with Gasteiger partial charge in [0, 0.05) is 6.54 Å². The van der Waals surface area contributed by atoms with E-state index in [1.807, 2.05) is 24.3 Å². The number of rotatable bonds is 11. The Morgan fingerprint density at radius 1 is 1.23 bits per heavy atom. The smallest absolute Gasteiger partial charge is 0.307 e. The number of aromatic hydroxyl groups is 1. The lowest BCUT2D eigenvalue weighted by Gasteiger charge is -2.07. The topological polar surface area (TPSA) is 182 Å². The number of unbranched alkanes of at least 4 members (excludes halogenated alkanes) is 1. The second kappa shape index (κ2) is 12.7. The van der Waals surface area contributed by atoms with Crippen molar-refractivity contribution in [3.05, 3.63) is 61.4 Å². The lowest BCUT2D eigenvalue weighted by molar-refractivity contribution is 0.0971. The highest BCUT2D eigenvalue weighted by molar-refractivity contribution is 7.09. The summed E-state index contributed by atoms with van der Waals surface area (Å²) in [6.45, 7) is 0.950. The molecule has 0 spiro atoms. The number of amides is 1. The number of nitrogens with one attached hydrogen (secondary N) is 2. The lowest BCUT2D eigenvalue weighted by Crippen LogP contribution is -2.37. The number of anilines is 1. The van der Waals surface area contributed by atoms with E-state index in [1.165, 1.54) is 11.8 Å². The summed E-state index contributed by atoms with van der Waals surface area (Å²) in [5.74, 6) is 0.176. The van der Waals surface area contributed by atoms with Crippen LogP contribution < -0.4 is 26.4 Å². The molecule has 0 fully saturated rings. The van der Waals surface area contributed by atoms with Gasteiger partial charge in [0.1, 0.15) is 11.4 Å². The van der Waals surface area contributed by atoms with Crippen molar-refractivity contribution in [3.8, 4) is 11.6 Å². The number of halogens is 1. The van der Waals surface area contributed by atoms with E-state index < -0.39 is 5.91 Å². The van der Waals surface area contributed by atoms with Crippen molar-refractivity contribution in [2.24, 2.45) is 10.7 Å². The molecular formula is C22H26ClN7O4S. The van der Waals surface area contributed by atoms with Gasteiger partial charge in [-0.2, -0.15) is 0 Å². The highest BCUT2D eigenvalue weighted by Gasteiger charge is 2.11. The average Bonchev–Trinajstić information content (AvgIpc) is 3.15. The van der Waals surface area contributed by atoms with E-state index in [0.29, 0.717) is 30.9 Å². The van der Waals surface area contributed by atoms with Crippen molar-refractivity contribution in [2.75, 3.05) is 18.9 Å². The molecule has 35 heavy (non-hydrogen) atoms. The Balaban J connectivity index is 1.31. The summed E-state index contributed by atoms with van der Waals surface area (Å²) in [6.07, 6.45) is 5.03. The standard InChI is InChI=1S/C22H26ClN7O4S/c23-17-18(24)27-12-15(28-17)19(31)29-21(25)26-10-2-1-4-13-6-8-14(9-7-13)34-11-3-5-16-20(32)30-22(33)35-16/h6-9,12,32H,1-5,10-11H2,(H2,24,27)(H,30,33)(H3,25,26,29,31). The summed E-state index contributed by atoms with van der Waals surface area (Å²) < 4.78 is 5.72. The molecule has 0 radical (unpaired) electrons. The molecule has 2 aromatic heterocycles. The van der Waals surface area contributed by atoms with E-state index in [4.69, 9.17) is 27.8 Å². The molecule has 11 nitrogen and oxygen atoms in total. The van der Waals surface area contributed by atoms with E-state index in [-0.39, 0.29) is 33.4 Å². The van der Waals surface area contributed by atoms with Crippen molar-refractivity contribution in [1.82, 2.24) is 20.3 Å². The van der Waals surface area contributed by atoms with E-state index in [2.05, 4.69) is 25.3 Å². The van der Waals surface area contributed by atoms with Crippen LogP contribution in [0.15, 0.2) is 40.2 Å². The van der Waals surface area contributed by atoms with Gasteiger partial charge in [-0.3, -0.25) is 24.9 Å². The van der Waals surface area contributed by atoms with Crippen LogP contribution >= 0.6 is 22.9 Å². The minimum atomic E-state index is -0.567. The molecule has 3 rings (SSSR count). The zero-order valence-corrected chi connectivity index (χ0v) is 20.4. The summed E-state index contributed by atoms with van der Waals surface area (Å²) in [5.41, 5.74) is 12.4. The first-order valence-corrected chi connectivity index (χ1v) is 12.0. The van der Waals surface area contributed by atoms with Gasteiger partial charge in [0.05, 0.1) is 17.7 Å². The van der Waals surface area contributed by atoms with Gasteiger partial charge in [-0.05, 0) is 49.8 Å². The number of H-pyrrole nitrogens is 1. The van der Waals surface area contributed by atoms with Crippen LogP contribution in [0, 0.1) is 0 Å². The van der Waals surface area contributed by atoms with Crippen LogP contribution in [-0.2, 0) is 12.8 Å². The molecule has 186 valence electrons. The van der Waals surface area contributed by atoms with Gasteiger partial charge in [-0.25, -0.2) is 9.97 Å². The number of aryl methyl sites for hydroxylation is 2. The third kappa shape index (κ3) is 8.26. The fourth-order valence-corrected chi connectivity index (χ4v) is 3.95. The molecule has 13 heteroatoms. The second-order valence-electron chi connectivity index (χ2n) is 7.49. The van der Waals surface area contributed by atoms with Crippen LogP contribution in [-0.4, -0.2) is 45.1 Å². The molecule has 1 aromatic carbocycles. The number of benzene rings is 1. The molecule has 0 aliphatic heterocycles. The van der Waals surface area contributed by atoms with Gasteiger partial charge in [0.15, 0.2) is 16.9 Å². The third-order valence-electron chi connectivity index (χ3n) is 4.83. The van der Waals surface area contributed by atoms with Crippen LogP contribution in [0.2, 0.25) is 5.15 Å². The Morgan fingerprint density at radius 2 is 2.00 bits per heavy atom. The number of ether oxygens (including phenoxy) is 1.